The summed E-state index contributed by atoms with van der Waals surface area (Å²) >= 11 is 0. The number of carbonyl (C=O) groups excluding carboxylic acids is 2. The number of para-hydroxylation sites is 1. The number of pyridine rings is 1. The van der Waals surface area contributed by atoms with Gasteiger partial charge in [0.1, 0.15) is 5.92 Å². The highest BCUT2D eigenvalue weighted by atomic mass is 16.2. The van der Waals surface area contributed by atoms with Crippen LogP contribution in [-0.2, 0) is 22.4 Å². The van der Waals surface area contributed by atoms with Gasteiger partial charge in [-0.3, -0.25) is 14.6 Å². The Morgan fingerprint density at radius 1 is 1.00 bits per heavy atom. The summed E-state index contributed by atoms with van der Waals surface area (Å²) in [4.78, 5) is 30.6. The topological polar surface area (TPSA) is 62.6 Å². The van der Waals surface area contributed by atoms with Crippen LogP contribution in [0.25, 0.3) is 0 Å². The molecular weight excluding hydrogens is 362 g/mol. The molecule has 0 bridgehead atoms. The predicted octanol–water partition coefficient (Wildman–Crippen LogP) is 3.82. The number of hydrazone groups is 1. The molecule has 29 heavy (non-hydrogen) atoms. The van der Waals surface area contributed by atoms with Gasteiger partial charge in [-0.25, -0.2) is 0 Å². The third-order valence-corrected chi connectivity index (χ3v) is 4.99. The maximum Gasteiger partial charge on any atom is 0.264 e. The minimum absolute atomic E-state index is 0.163. The van der Waals surface area contributed by atoms with Crippen LogP contribution in [-0.4, -0.2) is 22.4 Å². The first-order valence-electron chi connectivity index (χ1n) is 9.66. The lowest BCUT2D eigenvalue weighted by molar-refractivity contribution is -0.128. The van der Waals surface area contributed by atoms with Gasteiger partial charge < -0.3 is 0 Å². The summed E-state index contributed by atoms with van der Waals surface area (Å²) in [5, 5.41) is 5.85. The molecule has 1 aliphatic heterocycles. The average molecular weight is 383 g/mol. The largest absolute Gasteiger partial charge is 0.298 e. The van der Waals surface area contributed by atoms with Crippen molar-refractivity contribution in [3.63, 3.8) is 0 Å². The molecule has 0 spiro atoms. The van der Waals surface area contributed by atoms with E-state index in [1.54, 1.807) is 30.6 Å². The molecule has 3 aromatic rings. The summed E-state index contributed by atoms with van der Waals surface area (Å²) in [5.41, 5.74) is 3.84. The van der Waals surface area contributed by atoms with E-state index in [-0.39, 0.29) is 18.1 Å². The molecule has 0 radical (unpaired) electrons. The number of carbonyl (C=O) groups is 2. The number of rotatable bonds is 6. The van der Waals surface area contributed by atoms with Gasteiger partial charge in [-0.1, -0.05) is 49.4 Å². The van der Waals surface area contributed by atoms with E-state index >= 15 is 0 Å². The van der Waals surface area contributed by atoms with E-state index in [4.69, 9.17) is 0 Å². The molecule has 1 amide bonds. The third kappa shape index (κ3) is 3.85. The van der Waals surface area contributed by atoms with Crippen LogP contribution >= 0.6 is 0 Å². The number of amides is 1. The van der Waals surface area contributed by atoms with Crippen LogP contribution in [0.15, 0.2) is 84.2 Å². The summed E-state index contributed by atoms with van der Waals surface area (Å²) in [7, 11) is 0. The lowest BCUT2D eigenvalue weighted by atomic mass is 9.90. The Kier molecular flexibility index (Phi) is 5.29. The van der Waals surface area contributed by atoms with E-state index in [1.807, 2.05) is 48.5 Å². The molecule has 1 atom stereocenters. The summed E-state index contributed by atoms with van der Waals surface area (Å²) < 4.78 is 0. The van der Waals surface area contributed by atoms with Crippen LogP contribution in [0.2, 0.25) is 0 Å². The van der Waals surface area contributed by atoms with E-state index < -0.39 is 5.92 Å². The molecule has 5 nitrogen and oxygen atoms in total. The Bertz CT molecular complexity index is 1060. The van der Waals surface area contributed by atoms with Crippen molar-refractivity contribution in [2.45, 2.75) is 19.8 Å². The van der Waals surface area contributed by atoms with Gasteiger partial charge >= 0.3 is 0 Å². The highest BCUT2D eigenvalue weighted by Gasteiger charge is 2.42. The summed E-state index contributed by atoms with van der Waals surface area (Å²) in [6, 6.07) is 20.7. The normalized spacial score (nSPS) is 16.0. The van der Waals surface area contributed by atoms with E-state index in [0.717, 1.165) is 12.0 Å². The second-order valence-electron chi connectivity index (χ2n) is 6.96. The maximum absolute atomic E-state index is 13.2. The first-order valence-corrected chi connectivity index (χ1v) is 9.66. The maximum atomic E-state index is 13.2. The second-order valence-corrected chi connectivity index (χ2v) is 6.96. The molecule has 1 aliphatic rings. The van der Waals surface area contributed by atoms with Gasteiger partial charge in [-0.2, -0.15) is 10.1 Å². The van der Waals surface area contributed by atoms with Crippen molar-refractivity contribution in [3.05, 3.63) is 95.8 Å². The van der Waals surface area contributed by atoms with Crippen molar-refractivity contribution in [2.24, 2.45) is 11.0 Å². The van der Waals surface area contributed by atoms with E-state index in [2.05, 4.69) is 17.0 Å². The first-order chi connectivity index (χ1) is 14.2. The number of Topliss-reactive ketones (excluding diaryl/α,β-unsaturated/α-hetero) is 1. The molecule has 1 unspecified atom stereocenters. The zero-order valence-corrected chi connectivity index (χ0v) is 16.2. The molecule has 0 saturated heterocycles. The van der Waals surface area contributed by atoms with E-state index in [9.17, 15) is 9.59 Å². The fourth-order valence-electron chi connectivity index (χ4n) is 3.50. The fraction of sp³-hybridized carbons (Fsp3) is 0.167. The molecular formula is C24H21N3O2. The van der Waals surface area contributed by atoms with Gasteiger partial charge in [0.05, 0.1) is 11.4 Å². The molecule has 4 rings (SSSR count). The third-order valence-electron chi connectivity index (χ3n) is 4.99. The molecule has 0 N–H and O–H groups in total. The Balaban J connectivity index is 1.69. The van der Waals surface area contributed by atoms with Crippen molar-refractivity contribution in [3.8, 4) is 0 Å². The molecule has 0 fully saturated rings. The first kappa shape index (κ1) is 18.7. The number of anilines is 1. The van der Waals surface area contributed by atoms with E-state index in [1.165, 1.54) is 10.6 Å². The quantitative estimate of drug-likeness (QED) is 0.608. The lowest BCUT2D eigenvalue weighted by Crippen LogP contribution is -2.34. The molecule has 1 aromatic heterocycles. The van der Waals surface area contributed by atoms with Gasteiger partial charge in [-0.05, 0) is 41.8 Å². The van der Waals surface area contributed by atoms with Crippen LogP contribution in [0.1, 0.15) is 23.6 Å². The molecule has 2 aromatic carbocycles. The number of benzene rings is 2. The van der Waals surface area contributed by atoms with Crippen molar-refractivity contribution < 1.29 is 9.59 Å². The SMILES string of the molecule is CCc1cccc(CC(=O)C2C(=O)N(c3ccccc3)N=C2c2cccnc2)c1. The van der Waals surface area contributed by atoms with Crippen LogP contribution < -0.4 is 5.01 Å². The summed E-state index contributed by atoms with van der Waals surface area (Å²) in [5.74, 6) is -1.43. The van der Waals surface area contributed by atoms with Gasteiger partial charge in [0.25, 0.3) is 5.91 Å². The number of hydrogen-bond donors (Lipinski definition) is 0. The minimum atomic E-state index is -0.940. The number of nitrogens with zero attached hydrogens (tertiary/aromatic N) is 3. The second kappa shape index (κ2) is 8.19. The van der Waals surface area contributed by atoms with Gasteiger partial charge in [0, 0.05) is 24.4 Å². The average Bonchev–Trinajstić information content (AvgIpc) is 3.12. The number of hydrogen-bond acceptors (Lipinski definition) is 4. The fourth-order valence-corrected chi connectivity index (χ4v) is 3.50. The van der Waals surface area contributed by atoms with Crippen molar-refractivity contribution >= 4 is 23.1 Å². The van der Waals surface area contributed by atoms with Crippen molar-refractivity contribution in [1.82, 2.24) is 4.98 Å². The van der Waals surface area contributed by atoms with Crippen LogP contribution in [0, 0.1) is 5.92 Å². The standard InChI is InChI=1S/C24H21N3O2/c1-2-17-8-6-9-18(14-17)15-21(28)22-23(19-10-7-13-25-16-19)26-27(24(22)29)20-11-4-3-5-12-20/h3-14,16,22H,2,15H2,1H3. The molecule has 144 valence electrons. The smallest absolute Gasteiger partial charge is 0.264 e. The zero-order chi connectivity index (χ0) is 20.2. The van der Waals surface area contributed by atoms with Gasteiger partial charge in [-0.15, -0.1) is 0 Å². The molecule has 5 heteroatoms. The predicted molar refractivity (Wildman–Crippen MR) is 113 cm³/mol. The number of ketones is 1. The minimum Gasteiger partial charge on any atom is -0.298 e. The van der Waals surface area contributed by atoms with Crippen molar-refractivity contribution in [1.29, 1.82) is 0 Å². The number of aryl methyl sites for hydroxylation is 1. The monoisotopic (exact) mass is 383 g/mol. The Morgan fingerprint density at radius 2 is 1.79 bits per heavy atom. The zero-order valence-electron chi connectivity index (χ0n) is 16.2. The lowest BCUT2D eigenvalue weighted by Gasteiger charge is -2.14. The van der Waals surface area contributed by atoms with Crippen LogP contribution in [0.4, 0.5) is 5.69 Å². The highest BCUT2D eigenvalue weighted by molar-refractivity contribution is 6.32. The van der Waals surface area contributed by atoms with Gasteiger partial charge in [0.15, 0.2) is 5.78 Å². The number of aromatic nitrogens is 1. The van der Waals surface area contributed by atoms with Crippen molar-refractivity contribution in [2.75, 3.05) is 5.01 Å². The summed E-state index contributed by atoms with van der Waals surface area (Å²) in [6.07, 6.45) is 4.38. The van der Waals surface area contributed by atoms with Gasteiger partial charge in [0.2, 0.25) is 0 Å². The molecule has 0 aliphatic carbocycles. The highest BCUT2D eigenvalue weighted by Crippen LogP contribution is 2.28. The Morgan fingerprint density at radius 3 is 2.52 bits per heavy atom. The summed E-state index contributed by atoms with van der Waals surface area (Å²) in [6.45, 7) is 2.08. The Labute approximate surface area is 169 Å². The van der Waals surface area contributed by atoms with Crippen LogP contribution in [0.3, 0.4) is 0 Å². The Hall–Kier alpha value is -3.60. The van der Waals surface area contributed by atoms with E-state index in [0.29, 0.717) is 17.0 Å². The molecule has 2 heterocycles. The molecule has 0 saturated carbocycles. The van der Waals surface area contributed by atoms with Crippen LogP contribution in [0.5, 0.6) is 0 Å².